The molecule has 0 saturated carbocycles. The highest BCUT2D eigenvalue weighted by atomic mass is 32.1. The molecule has 2 aromatic carbocycles. The number of aryl methyl sites for hydroxylation is 1. The summed E-state index contributed by atoms with van der Waals surface area (Å²) in [6.45, 7) is 3.10. The first-order chi connectivity index (χ1) is 15.0. The zero-order chi connectivity index (χ0) is 21.8. The van der Waals surface area contributed by atoms with Crippen LogP contribution >= 0.6 is 11.3 Å². The molecular formula is C26H28N2O2S. The molecule has 160 valence electrons. The van der Waals surface area contributed by atoms with Crippen molar-refractivity contribution in [3.63, 3.8) is 0 Å². The lowest BCUT2D eigenvalue weighted by Crippen LogP contribution is -2.44. The fraction of sp³-hybridized carbons (Fsp3) is 0.308. The van der Waals surface area contributed by atoms with Crippen molar-refractivity contribution < 1.29 is 9.59 Å². The van der Waals surface area contributed by atoms with E-state index in [0.29, 0.717) is 32.4 Å². The van der Waals surface area contributed by atoms with Crippen molar-refractivity contribution in [2.45, 2.75) is 26.2 Å². The Bertz CT molecular complexity index is 1080. The standard InChI is InChI=1S/C26H28N2O2S/c1-19-7-5-8-20(15-19)16-24(29)28-13-12-26(18-28,25(30)27-2)17-21-9-3-4-10-22(21)23-11-6-14-31-23/h3-11,14-15H,12-13,16-18H2,1-2H3,(H,27,30)/t26-/m0/s1. The van der Waals surface area contributed by atoms with Crippen LogP contribution in [0.5, 0.6) is 0 Å². The lowest BCUT2D eigenvalue weighted by atomic mass is 9.78. The van der Waals surface area contributed by atoms with Gasteiger partial charge in [-0.05, 0) is 47.9 Å². The molecule has 1 aromatic heterocycles. The quantitative estimate of drug-likeness (QED) is 0.625. The normalized spacial score (nSPS) is 18.2. The number of carbonyl (C=O) groups excluding carboxylic acids is 2. The minimum atomic E-state index is -0.607. The number of hydrogen-bond donors (Lipinski definition) is 1. The average Bonchev–Trinajstić information content (AvgIpc) is 3.45. The SMILES string of the molecule is CNC(=O)[C@]1(Cc2ccccc2-c2cccs2)CCN(C(=O)Cc2cccc(C)c2)C1. The summed E-state index contributed by atoms with van der Waals surface area (Å²) in [5.74, 6) is 0.0993. The summed E-state index contributed by atoms with van der Waals surface area (Å²) in [6.07, 6.45) is 1.66. The number of nitrogens with zero attached hydrogens (tertiary/aromatic N) is 1. The van der Waals surface area contributed by atoms with Crippen molar-refractivity contribution in [2.24, 2.45) is 5.41 Å². The molecule has 0 spiro atoms. The highest BCUT2D eigenvalue weighted by Gasteiger charge is 2.45. The third kappa shape index (κ3) is 4.57. The van der Waals surface area contributed by atoms with Gasteiger partial charge in [0.1, 0.15) is 0 Å². The van der Waals surface area contributed by atoms with Crippen LogP contribution < -0.4 is 5.32 Å². The molecule has 4 rings (SSSR count). The van der Waals surface area contributed by atoms with E-state index in [-0.39, 0.29) is 11.8 Å². The third-order valence-electron chi connectivity index (χ3n) is 6.19. The Kier molecular flexibility index (Phi) is 6.23. The van der Waals surface area contributed by atoms with Gasteiger partial charge in [0.05, 0.1) is 11.8 Å². The molecule has 0 radical (unpaired) electrons. The molecule has 31 heavy (non-hydrogen) atoms. The first-order valence-corrected chi connectivity index (χ1v) is 11.6. The molecule has 5 heteroatoms. The van der Waals surface area contributed by atoms with Gasteiger partial charge in [-0.15, -0.1) is 11.3 Å². The van der Waals surface area contributed by atoms with Crippen LogP contribution in [0.1, 0.15) is 23.1 Å². The summed E-state index contributed by atoms with van der Waals surface area (Å²) in [5.41, 5.74) is 3.89. The summed E-state index contributed by atoms with van der Waals surface area (Å²) in [5, 5.41) is 4.94. The Balaban J connectivity index is 1.56. The van der Waals surface area contributed by atoms with E-state index >= 15 is 0 Å². The van der Waals surface area contributed by atoms with Gasteiger partial charge < -0.3 is 10.2 Å². The maximum atomic E-state index is 13.1. The number of benzene rings is 2. The fourth-order valence-corrected chi connectivity index (χ4v) is 5.37. The number of hydrogen-bond acceptors (Lipinski definition) is 3. The van der Waals surface area contributed by atoms with E-state index in [4.69, 9.17) is 0 Å². The van der Waals surface area contributed by atoms with Crippen LogP contribution in [0, 0.1) is 12.3 Å². The van der Waals surface area contributed by atoms with Crippen molar-refractivity contribution in [2.75, 3.05) is 20.1 Å². The maximum Gasteiger partial charge on any atom is 0.228 e. The topological polar surface area (TPSA) is 49.4 Å². The van der Waals surface area contributed by atoms with Crippen LogP contribution in [-0.4, -0.2) is 36.9 Å². The Morgan fingerprint density at radius 3 is 2.68 bits per heavy atom. The molecule has 1 saturated heterocycles. The number of rotatable bonds is 6. The molecule has 3 aromatic rings. The minimum absolute atomic E-state index is 0.0133. The second kappa shape index (κ2) is 9.06. The van der Waals surface area contributed by atoms with Gasteiger partial charge in [-0.25, -0.2) is 0 Å². The zero-order valence-electron chi connectivity index (χ0n) is 18.1. The van der Waals surface area contributed by atoms with E-state index in [1.165, 1.54) is 10.4 Å². The van der Waals surface area contributed by atoms with Gasteiger partial charge in [0.15, 0.2) is 0 Å². The van der Waals surface area contributed by atoms with E-state index in [2.05, 4.69) is 35.0 Å². The summed E-state index contributed by atoms with van der Waals surface area (Å²) < 4.78 is 0. The summed E-state index contributed by atoms with van der Waals surface area (Å²) >= 11 is 1.70. The number of amides is 2. The van der Waals surface area contributed by atoms with E-state index in [0.717, 1.165) is 16.7 Å². The highest BCUT2D eigenvalue weighted by molar-refractivity contribution is 7.13. The predicted molar refractivity (Wildman–Crippen MR) is 126 cm³/mol. The molecule has 0 bridgehead atoms. The van der Waals surface area contributed by atoms with E-state index in [9.17, 15) is 9.59 Å². The molecule has 1 atom stereocenters. The third-order valence-corrected chi connectivity index (χ3v) is 7.09. The van der Waals surface area contributed by atoms with Gasteiger partial charge in [0.2, 0.25) is 11.8 Å². The molecular weight excluding hydrogens is 404 g/mol. The van der Waals surface area contributed by atoms with Crippen LogP contribution in [0.25, 0.3) is 10.4 Å². The van der Waals surface area contributed by atoms with Crippen LogP contribution in [0.3, 0.4) is 0 Å². The van der Waals surface area contributed by atoms with Crippen molar-refractivity contribution in [3.8, 4) is 10.4 Å². The van der Waals surface area contributed by atoms with Crippen LogP contribution in [0.2, 0.25) is 0 Å². The number of carbonyl (C=O) groups is 2. The predicted octanol–water partition coefficient (Wildman–Crippen LogP) is 4.47. The molecule has 1 aliphatic rings. The Labute approximate surface area is 187 Å². The molecule has 2 amide bonds. The smallest absolute Gasteiger partial charge is 0.228 e. The van der Waals surface area contributed by atoms with Crippen LogP contribution in [0.15, 0.2) is 66.0 Å². The minimum Gasteiger partial charge on any atom is -0.359 e. The Hall–Kier alpha value is -2.92. The largest absolute Gasteiger partial charge is 0.359 e. The van der Waals surface area contributed by atoms with Crippen molar-refractivity contribution >= 4 is 23.2 Å². The van der Waals surface area contributed by atoms with Gasteiger partial charge in [0.25, 0.3) is 0 Å². The molecule has 2 heterocycles. The lowest BCUT2D eigenvalue weighted by Gasteiger charge is -2.28. The van der Waals surface area contributed by atoms with E-state index in [1.807, 2.05) is 48.2 Å². The summed E-state index contributed by atoms with van der Waals surface area (Å²) in [7, 11) is 1.69. The Morgan fingerprint density at radius 2 is 1.94 bits per heavy atom. The second-order valence-corrected chi connectivity index (χ2v) is 9.35. The van der Waals surface area contributed by atoms with Crippen LogP contribution in [-0.2, 0) is 22.4 Å². The average molecular weight is 433 g/mol. The van der Waals surface area contributed by atoms with Gasteiger partial charge >= 0.3 is 0 Å². The first-order valence-electron chi connectivity index (χ1n) is 10.7. The Morgan fingerprint density at radius 1 is 1.10 bits per heavy atom. The second-order valence-electron chi connectivity index (χ2n) is 8.40. The van der Waals surface area contributed by atoms with Gasteiger partial charge in [-0.2, -0.15) is 0 Å². The van der Waals surface area contributed by atoms with Crippen LogP contribution in [0.4, 0.5) is 0 Å². The van der Waals surface area contributed by atoms with Gasteiger partial charge in [0, 0.05) is 25.0 Å². The molecule has 0 unspecified atom stereocenters. The maximum absolute atomic E-state index is 13.1. The molecule has 4 nitrogen and oxygen atoms in total. The molecule has 1 aliphatic heterocycles. The molecule has 0 aliphatic carbocycles. The van der Waals surface area contributed by atoms with Crippen molar-refractivity contribution in [1.29, 1.82) is 0 Å². The number of likely N-dealkylation sites (tertiary alicyclic amines) is 1. The molecule has 1 N–H and O–H groups in total. The monoisotopic (exact) mass is 432 g/mol. The number of nitrogens with one attached hydrogen (secondary N) is 1. The summed E-state index contributed by atoms with van der Waals surface area (Å²) in [4.78, 5) is 29.2. The first kappa shape index (κ1) is 21.3. The van der Waals surface area contributed by atoms with Crippen molar-refractivity contribution in [1.82, 2.24) is 10.2 Å². The zero-order valence-corrected chi connectivity index (χ0v) is 18.9. The fourth-order valence-electron chi connectivity index (χ4n) is 4.58. The number of thiophene rings is 1. The van der Waals surface area contributed by atoms with Gasteiger partial charge in [-0.3, -0.25) is 9.59 Å². The van der Waals surface area contributed by atoms with E-state index in [1.54, 1.807) is 18.4 Å². The van der Waals surface area contributed by atoms with Crippen molar-refractivity contribution in [3.05, 3.63) is 82.7 Å². The lowest BCUT2D eigenvalue weighted by molar-refractivity contribution is -0.132. The molecule has 1 fully saturated rings. The van der Waals surface area contributed by atoms with E-state index < -0.39 is 5.41 Å². The van der Waals surface area contributed by atoms with Gasteiger partial charge in [-0.1, -0.05) is 60.2 Å². The summed E-state index contributed by atoms with van der Waals surface area (Å²) in [6, 6.07) is 20.5. The highest BCUT2D eigenvalue weighted by Crippen LogP contribution is 2.38.